The summed E-state index contributed by atoms with van der Waals surface area (Å²) in [5, 5.41) is 10.3. The maximum atomic E-state index is 13.0. The lowest BCUT2D eigenvalue weighted by Crippen LogP contribution is -2.27. The molecule has 0 aliphatic heterocycles. The first-order valence-electron chi connectivity index (χ1n) is 8.71. The number of nitrogens with zero attached hydrogens (tertiary/aromatic N) is 1. The van der Waals surface area contributed by atoms with Crippen LogP contribution in [-0.4, -0.2) is 5.78 Å². The Morgan fingerprint density at radius 1 is 0.889 bits per heavy atom. The van der Waals surface area contributed by atoms with Gasteiger partial charge in [0.05, 0.1) is 6.07 Å². The second kappa shape index (κ2) is 6.98. The fourth-order valence-electron chi connectivity index (χ4n) is 3.69. The minimum atomic E-state index is -0.913. The summed E-state index contributed by atoms with van der Waals surface area (Å²) < 4.78 is 0.934. The second-order valence-corrected chi connectivity index (χ2v) is 7.57. The van der Waals surface area contributed by atoms with E-state index in [2.05, 4.69) is 22.0 Å². The molecule has 0 radical (unpaired) electrons. The molecule has 0 unspecified atom stereocenters. The Labute approximate surface area is 166 Å². The number of halogens is 1. The number of ketones is 1. The van der Waals surface area contributed by atoms with E-state index in [0.717, 1.165) is 21.2 Å². The first-order valence-corrected chi connectivity index (χ1v) is 9.50. The van der Waals surface area contributed by atoms with Gasteiger partial charge in [-0.3, -0.25) is 4.79 Å². The number of allylic oxidation sites excluding steroid dienone is 1. The van der Waals surface area contributed by atoms with Crippen molar-refractivity contribution in [3.05, 3.63) is 111 Å². The molecule has 0 heterocycles. The molecule has 130 valence electrons. The minimum absolute atomic E-state index is 0.00369. The first kappa shape index (κ1) is 17.5. The Balaban J connectivity index is 1.83. The van der Waals surface area contributed by atoms with Crippen LogP contribution in [0.3, 0.4) is 0 Å². The van der Waals surface area contributed by atoms with Gasteiger partial charge >= 0.3 is 0 Å². The molecule has 0 spiro atoms. The van der Waals surface area contributed by atoms with Gasteiger partial charge in [-0.1, -0.05) is 76.6 Å². The summed E-state index contributed by atoms with van der Waals surface area (Å²) in [5.41, 5.74) is 3.13. The lowest BCUT2D eigenvalue weighted by atomic mass is 9.71. The number of carbonyl (C=O) groups excluding carboxylic acids is 1. The number of rotatable bonds is 4. The molecule has 3 heteroatoms. The van der Waals surface area contributed by atoms with E-state index in [1.165, 1.54) is 0 Å². The summed E-state index contributed by atoms with van der Waals surface area (Å²) in [6.45, 7) is 0. The molecule has 2 nitrogen and oxygen atoms in total. The monoisotopic (exact) mass is 413 g/mol. The predicted molar refractivity (Wildman–Crippen MR) is 110 cm³/mol. The fourth-order valence-corrected chi connectivity index (χ4v) is 4.07. The first-order chi connectivity index (χ1) is 13.1. The fraction of sp³-hybridized carbons (Fsp3) is 0.0833. The van der Waals surface area contributed by atoms with Gasteiger partial charge in [0, 0.05) is 22.0 Å². The van der Waals surface area contributed by atoms with E-state index in [0.29, 0.717) is 17.6 Å². The number of nitriles is 1. The molecule has 0 amide bonds. The van der Waals surface area contributed by atoms with Gasteiger partial charge in [0.15, 0.2) is 5.78 Å². The number of fused-ring (bicyclic) bond motifs is 1. The van der Waals surface area contributed by atoms with Crippen molar-refractivity contribution in [2.45, 2.75) is 11.8 Å². The van der Waals surface area contributed by atoms with Gasteiger partial charge in [-0.2, -0.15) is 5.26 Å². The van der Waals surface area contributed by atoms with Crippen molar-refractivity contribution in [3.63, 3.8) is 0 Å². The van der Waals surface area contributed by atoms with Crippen molar-refractivity contribution < 1.29 is 4.79 Å². The van der Waals surface area contributed by atoms with E-state index in [4.69, 9.17) is 0 Å². The SMILES string of the molecule is N#CC(CC1=Cc2cc(Br)ccc2C1=O)(c1ccccc1)c1ccccc1. The summed E-state index contributed by atoms with van der Waals surface area (Å²) in [6.07, 6.45) is 2.25. The van der Waals surface area contributed by atoms with Crippen molar-refractivity contribution >= 4 is 27.8 Å². The van der Waals surface area contributed by atoms with E-state index in [1.807, 2.05) is 84.9 Å². The van der Waals surface area contributed by atoms with Crippen LogP contribution in [0.25, 0.3) is 6.08 Å². The van der Waals surface area contributed by atoms with E-state index in [1.54, 1.807) is 0 Å². The summed E-state index contributed by atoms with van der Waals surface area (Å²) in [6, 6.07) is 27.6. The van der Waals surface area contributed by atoms with Gasteiger partial charge in [0.2, 0.25) is 0 Å². The molecule has 3 aromatic carbocycles. The van der Waals surface area contributed by atoms with E-state index in [-0.39, 0.29) is 5.78 Å². The molecule has 0 saturated heterocycles. The van der Waals surface area contributed by atoms with Crippen molar-refractivity contribution in [2.75, 3.05) is 0 Å². The average Bonchev–Trinajstić information content (AvgIpc) is 3.02. The van der Waals surface area contributed by atoms with Gasteiger partial charge in [-0.25, -0.2) is 0 Å². The highest BCUT2D eigenvalue weighted by molar-refractivity contribution is 9.10. The summed E-state index contributed by atoms with van der Waals surface area (Å²) >= 11 is 3.46. The van der Waals surface area contributed by atoms with Crippen LogP contribution in [-0.2, 0) is 5.41 Å². The Hall–Kier alpha value is -2.96. The Bertz CT molecular complexity index is 1040. The molecule has 0 N–H and O–H groups in total. The maximum Gasteiger partial charge on any atom is 0.189 e. The Morgan fingerprint density at radius 2 is 1.48 bits per heavy atom. The third-order valence-corrected chi connectivity index (χ3v) is 5.55. The van der Waals surface area contributed by atoms with Crippen LogP contribution in [0.2, 0.25) is 0 Å². The summed E-state index contributed by atoms with van der Waals surface area (Å²) in [7, 11) is 0. The molecule has 3 aromatic rings. The molecule has 0 atom stereocenters. The lowest BCUT2D eigenvalue weighted by molar-refractivity contribution is 0.103. The van der Waals surface area contributed by atoms with Gasteiger partial charge < -0.3 is 0 Å². The largest absolute Gasteiger partial charge is 0.289 e. The summed E-state index contributed by atoms with van der Waals surface area (Å²) in [5.74, 6) is 0.00369. The van der Waals surface area contributed by atoms with Gasteiger partial charge in [-0.15, -0.1) is 0 Å². The number of carbonyl (C=O) groups is 1. The van der Waals surface area contributed by atoms with Crippen molar-refractivity contribution in [3.8, 4) is 6.07 Å². The van der Waals surface area contributed by atoms with Crippen LogP contribution < -0.4 is 0 Å². The van der Waals surface area contributed by atoms with Crippen molar-refractivity contribution in [1.82, 2.24) is 0 Å². The number of Topliss-reactive ketones (excluding diaryl/α,β-unsaturated/α-hetero) is 1. The Morgan fingerprint density at radius 3 is 2.04 bits per heavy atom. The van der Waals surface area contributed by atoms with Crippen molar-refractivity contribution in [2.24, 2.45) is 0 Å². The third-order valence-electron chi connectivity index (χ3n) is 5.06. The van der Waals surface area contributed by atoms with Gasteiger partial charge in [-0.05, 0) is 41.0 Å². The zero-order valence-corrected chi connectivity index (χ0v) is 16.1. The highest BCUT2D eigenvalue weighted by atomic mass is 79.9. The molecule has 0 saturated carbocycles. The van der Waals surface area contributed by atoms with Crippen LogP contribution in [0.1, 0.15) is 33.5 Å². The second-order valence-electron chi connectivity index (χ2n) is 6.66. The number of hydrogen-bond donors (Lipinski definition) is 0. The number of benzene rings is 3. The normalized spacial score (nSPS) is 13.0. The van der Waals surface area contributed by atoms with Crippen LogP contribution in [0.4, 0.5) is 0 Å². The molecule has 0 fully saturated rings. The molecule has 0 aromatic heterocycles. The van der Waals surface area contributed by atoms with E-state index < -0.39 is 5.41 Å². The average molecular weight is 414 g/mol. The van der Waals surface area contributed by atoms with Gasteiger partial charge in [0.25, 0.3) is 0 Å². The van der Waals surface area contributed by atoms with Crippen LogP contribution in [0.5, 0.6) is 0 Å². The highest BCUT2D eigenvalue weighted by Gasteiger charge is 2.38. The quantitative estimate of drug-likeness (QED) is 0.531. The molecular weight excluding hydrogens is 398 g/mol. The van der Waals surface area contributed by atoms with Gasteiger partial charge in [0.1, 0.15) is 5.41 Å². The highest BCUT2D eigenvalue weighted by Crippen LogP contribution is 2.41. The van der Waals surface area contributed by atoms with Crippen LogP contribution >= 0.6 is 15.9 Å². The molecule has 1 aliphatic rings. The van der Waals surface area contributed by atoms with Crippen LogP contribution in [0, 0.1) is 11.3 Å². The minimum Gasteiger partial charge on any atom is -0.289 e. The standard InChI is InChI=1S/C24H16BrNO/c25-21-11-12-22-17(14-21)13-18(23(22)27)15-24(16-26,19-7-3-1-4-8-19)20-9-5-2-6-10-20/h1-14H,15H2. The van der Waals surface area contributed by atoms with E-state index in [9.17, 15) is 10.1 Å². The summed E-state index contributed by atoms with van der Waals surface area (Å²) in [4.78, 5) is 13.0. The molecular formula is C24H16BrNO. The maximum absolute atomic E-state index is 13.0. The topological polar surface area (TPSA) is 40.9 Å². The van der Waals surface area contributed by atoms with Crippen molar-refractivity contribution in [1.29, 1.82) is 5.26 Å². The van der Waals surface area contributed by atoms with E-state index >= 15 is 0 Å². The molecule has 1 aliphatic carbocycles. The molecule has 27 heavy (non-hydrogen) atoms. The number of hydrogen-bond acceptors (Lipinski definition) is 2. The lowest BCUT2D eigenvalue weighted by Gasteiger charge is -2.28. The smallest absolute Gasteiger partial charge is 0.189 e. The molecule has 0 bridgehead atoms. The third kappa shape index (κ3) is 3.03. The Kier molecular flexibility index (Phi) is 4.51. The zero-order valence-electron chi connectivity index (χ0n) is 14.5. The zero-order chi connectivity index (χ0) is 18.9. The molecule has 4 rings (SSSR count). The predicted octanol–water partition coefficient (Wildman–Crippen LogP) is 5.93. The van der Waals surface area contributed by atoms with Crippen LogP contribution in [0.15, 0.2) is 88.9 Å².